The molecule has 0 saturated carbocycles. The quantitative estimate of drug-likeness (QED) is 0.534. The van der Waals surface area contributed by atoms with Gasteiger partial charge in [-0.3, -0.25) is 9.59 Å². The highest BCUT2D eigenvalue weighted by Gasteiger charge is 2.36. The van der Waals surface area contributed by atoms with Gasteiger partial charge in [0.25, 0.3) is 11.8 Å². The summed E-state index contributed by atoms with van der Waals surface area (Å²) in [5.41, 5.74) is -0.170. The van der Waals surface area contributed by atoms with E-state index in [1.54, 1.807) is 0 Å². The second-order valence-corrected chi connectivity index (χ2v) is 11.1. The predicted octanol–water partition coefficient (Wildman–Crippen LogP) is 1.99. The highest BCUT2D eigenvalue weighted by molar-refractivity contribution is 7.89. The molecule has 11 heteroatoms. The molecule has 1 aromatic rings. The zero-order chi connectivity index (χ0) is 25.0. The van der Waals surface area contributed by atoms with Crippen LogP contribution in [0.1, 0.15) is 43.0 Å². The first kappa shape index (κ1) is 26.2. The second-order valence-electron chi connectivity index (χ2n) is 9.14. The maximum Gasteiger partial charge on any atom is 0.251 e. The van der Waals surface area contributed by atoms with Gasteiger partial charge >= 0.3 is 0 Å². The minimum atomic E-state index is -3.73. The van der Waals surface area contributed by atoms with Crippen LogP contribution in [-0.2, 0) is 14.8 Å². The van der Waals surface area contributed by atoms with Crippen molar-refractivity contribution in [3.63, 3.8) is 0 Å². The Bertz CT molecular complexity index is 996. The van der Waals surface area contributed by atoms with E-state index in [2.05, 4.69) is 17.2 Å². The van der Waals surface area contributed by atoms with E-state index in [4.69, 9.17) is 0 Å². The fourth-order valence-electron chi connectivity index (χ4n) is 4.15. The van der Waals surface area contributed by atoms with Gasteiger partial charge < -0.3 is 15.5 Å². The minimum absolute atomic E-state index is 0.0945. The topological polar surface area (TPSA) is 98.8 Å². The van der Waals surface area contributed by atoms with Gasteiger partial charge in [0.15, 0.2) is 0 Å². The van der Waals surface area contributed by atoms with E-state index < -0.39 is 21.5 Å². The van der Waals surface area contributed by atoms with E-state index in [0.717, 1.165) is 0 Å². The number of benzene rings is 1. The Morgan fingerprint density at radius 3 is 2.21 bits per heavy atom. The number of piperidine rings is 2. The zero-order valence-electron chi connectivity index (χ0n) is 19.4. The molecule has 0 unspecified atom stereocenters. The van der Waals surface area contributed by atoms with Crippen molar-refractivity contribution < 1.29 is 26.8 Å². The van der Waals surface area contributed by atoms with E-state index in [-0.39, 0.29) is 42.6 Å². The SMILES string of the molecule is C=CC(=O)NC1(C)CCN(S(=O)(=O)c2ccc(C(=O)NCCN3CCC(F)(F)CC3)cc2)CC1. The van der Waals surface area contributed by atoms with Crippen LogP contribution in [0.3, 0.4) is 0 Å². The van der Waals surface area contributed by atoms with E-state index in [0.29, 0.717) is 44.6 Å². The normalized spacial score (nSPS) is 20.9. The van der Waals surface area contributed by atoms with Crippen molar-refractivity contribution in [1.29, 1.82) is 0 Å². The van der Waals surface area contributed by atoms with E-state index in [9.17, 15) is 26.8 Å². The number of carbonyl (C=O) groups excluding carboxylic acids is 2. The smallest absolute Gasteiger partial charge is 0.251 e. The molecule has 2 N–H and O–H groups in total. The Kier molecular flexibility index (Phi) is 8.10. The van der Waals surface area contributed by atoms with E-state index >= 15 is 0 Å². The van der Waals surface area contributed by atoms with Crippen molar-refractivity contribution >= 4 is 21.8 Å². The molecule has 2 amide bonds. The third-order valence-electron chi connectivity index (χ3n) is 6.49. The van der Waals surface area contributed by atoms with E-state index in [1.165, 1.54) is 34.6 Å². The molecule has 34 heavy (non-hydrogen) atoms. The summed E-state index contributed by atoms with van der Waals surface area (Å²) in [6, 6.07) is 5.73. The molecule has 0 aliphatic carbocycles. The van der Waals surface area contributed by atoms with Crippen molar-refractivity contribution in [2.75, 3.05) is 39.3 Å². The number of alkyl halides is 2. The molecule has 0 bridgehead atoms. The Labute approximate surface area is 199 Å². The number of hydrogen-bond acceptors (Lipinski definition) is 5. The van der Waals surface area contributed by atoms with Gasteiger partial charge in [0.2, 0.25) is 15.9 Å². The van der Waals surface area contributed by atoms with E-state index in [1.807, 2.05) is 11.8 Å². The van der Waals surface area contributed by atoms with Gasteiger partial charge in [-0.25, -0.2) is 17.2 Å². The van der Waals surface area contributed by atoms with Gasteiger partial charge in [0.05, 0.1) is 4.90 Å². The summed E-state index contributed by atoms with van der Waals surface area (Å²) in [4.78, 5) is 26.0. The second kappa shape index (κ2) is 10.5. The van der Waals surface area contributed by atoms with Crippen LogP contribution in [0.15, 0.2) is 41.8 Å². The molecule has 8 nitrogen and oxygen atoms in total. The average Bonchev–Trinajstić information content (AvgIpc) is 2.80. The van der Waals surface area contributed by atoms with Crippen LogP contribution >= 0.6 is 0 Å². The number of likely N-dealkylation sites (tertiary alicyclic amines) is 1. The number of halogens is 2. The van der Waals surface area contributed by atoms with Crippen LogP contribution in [0.2, 0.25) is 0 Å². The van der Waals surface area contributed by atoms with Crippen LogP contribution < -0.4 is 10.6 Å². The van der Waals surface area contributed by atoms with Crippen molar-refractivity contribution in [3.8, 4) is 0 Å². The molecule has 2 heterocycles. The van der Waals surface area contributed by atoms with Crippen molar-refractivity contribution in [2.45, 2.75) is 49.0 Å². The minimum Gasteiger partial charge on any atom is -0.351 e. The fraction of sp³-hybridized carbons (Fsp3) is 0.565. The lowest BCUT2D eigenvalue weighted by Gasteiger charge is -2.39. The molecule has 3 rings (SSSR count). The molecule has 0 spiro atoms. The predicted molar refractivity (Wildman–Crippen MR) is 124 cm³/mol. The summed E-state index contributed by atoms with van der Waals surface area (Å²) in [6.07, 6.45) is 1.80. The molecule has 2 aliphatic heterocycles. The molecule has 188 valence electrons. The largest absolute Gasteiger partial charge is 0.351 e. The number of rotatable bonds is 8. The first-order valence-electron chi connectivity index (χ1n) is 11.4. The molecule has 0 radical (unpaired) electrons. The third kappa shape index (κ3) is 6.61. The fourth-order valence-corrected chi connectivity index (χ4v) is 5.60. The molecule has 2 fully saturated rings. The maximum atomic E-state index is 13.2. The lowest BCUT2D eigenvalue weighted by atomic mass is 9.90. The summed E-state index contributed by atoms with van der Waals surface area (Å²) in [7, 11) is -3.73. The number of sulfonamides is 1. The molecule has 1 aromatic carbocycles. The highest BCUT2D eigenvalue weighted by atomic mass is 32.2. The number of nitrogens with one attached hydrogen (secondary N) is 2. The molecular weight excluding hydrogens is 466 g/mol. The number of hydrogen-bond donors (Lipinski definition) is 2. The third-order valence-corrected chi connectivity index (χ3v) is 8.40. The average molecular weight is 499 g/mol. The van der Waals surface area contributed by atoms with Crippen LogP contribution in [0.5, 0.6) is 0 Å². The van der Waals surface area contributed by atoms with Gasteiger partial charge in [0.1, 0.15) is 0 Å². The first-order valence-corrected chi connectivity index (χ1v) is 12.8. The number of amides is 2. The highest BCUT2D eigenvalue weighted by Crippen LogP contribution is 2.28. The lowest BCUT2D eigenvalue weighted by molar-refractivity contribution is -0.118. The standard InChI is InChI=1S/C23H32F2N4O4S/c1-3-20(30)27-22(2)8-15-29(16-9-22)34(32,33)19-6-4-18(5-7-19)21(31)26-12-17-28-13-10-23(24,25)11-14-28/h3-7H,1,8-17H2,2H3,(H,26,31)(H,27,30). The van der Waals surface area contributed by atoms with Gasteiger partial charge in [-0.05, 0) is 50.1 Å². The maximum absolute atomic E-state index is 13.2. The monoisotopic (exact) mass is 498 g/mol. The Hall–Kier alpha value is -2.37. The van der Waals surface area contributed by atoms with Crippen molar-refractivity contribution in [3.05, 3.63) is 42.5 Å². The lowest BCUT2D eigenvalue weighted by Crippen LogP contribution is -2.53. The summed E-state index contributed by atoms with van der Waals surface area (Å²) in [5.74, 6) is -3.24. The Morgan fingerprint density at radius 1 is 1.06 bits per heavy atom. The molecule has 2 aliphatic rings. The van der Waals surface area contributed by atoms with Crippen LogP contribution in [-0.4, -0.2) is 80.2 Å². The number of nitrogens with zero attached hydrogens (tertiary/aromatic N) is 2. The van der Waals surface area contributed by atoms with Crippen LogP contribution in [0.4, 0.5) is 8.78 Å². The number of carbonyl (C=O) groups is 2. The van der Waals surface area contributed by atoms with Crippen molar-refractivity contribution in [2.24, 2.45) is 0 Å². The van der Waals surface area contributed by atoms with Gasteiger partial charge in [-0.2, -0.15) is 4.31 Å². The van der Waals surface area contributed by atoms with Crippen LogP contribution in [0.25, 0.3) is 0 Å². The summed E-state index contributed by atoms with van der Waals surface area (Å²) in [6.45, 7) is 7.25. The van der Waals surface area contributed by atoms with Gasteiger partial charge in [-0.1, -0.05) is 6.58 Å². The van der Waals surface area contributed by atoms with Gasteiger partial charge in [0, 0.05) is 63.2 Å². The Morgan fingerprint density at radius 2 is 1.65 bits per heavy atom. The van der Waals surface area contributed by atoms with Crippen LogP contribution in [0, 0.1) is 0 Å². The summed E-state index contributed by atoms with van der Waals surface area (Å²) < 4.78 is 53.8. The molecular formula is C23H32F2N4O4S. The molecule has 2 saturated heterocycles. The summed E-state index contributed by atoms with van der Waals surface area (Å²) in [5, 5.41) is 5.61. The van der Waals surface area contributed by atoms with Gasteiger partial charge in [-0.15, -0.1) is 0 Å². The van der Waals surface area contributed by atoms with Crippen molar-refractivity contribution in [1.82, 2.24) is 19.8 Å². The molecule has 0 atom stereocenters. The zero-order valence-corrected chi connectivity index (χ0v) is 20.2. The molecule has 0 aromatic heterocycles. The first-order chi connectivity index (χ1) is 15.9. The summed E-state index contributed by atoms with van der Waals surface area (Å²) >= 11 is 0. The Balaban J connectivity index is 1.50.